The van der Waals surface area contributed by atoms with E-state index in [0.717, 1.165) is 18.8 Å². The predicted octanol–water partition coefficient (Wildman–Crippen LogP) is 5.28. The molecule has 0 N–H and O–H groups in total. The maximum absolute atomic E-state index is 12.3. The van der Waals surface area contributed by atoms with Crippen LogP contribution in [0.5, 0.6) is 0 Å². The highest BCUT2D eigenvalue weighted by molar-refractivity contribution is 5.91. The van der Waals surface area contributed by atoms with Gasteiger partial charge in [0.15, 0.2) is 0 Å². The molecule has 4 nitrogen and oxygen atoms in total. The molecule has 0 aromatic carbocycles. The van der Waals surface area contributed by atoms with Gasteiger partial charge in [-0.05, 0) is 79.4 Å². The molecule has 6 atom stereocenters. The molecule has 0 radical (unpaired) electrons. The summed E-state index contributed by atoms with van der Waals surface area (Å²) in [6.45, 7) is 9.94. The second kappa shape index (κ2) is 6.47. The van der Waals surface area contributed by atoms with Crippen LogP contribution < -0.4 is 0 Å². The molecule has 0 heterocycles. The van der Waals surface area contributed by atoms with Crippen molar-refractivity contribution in [3.8, 4) is 0 Å². The van der Waals surface area contributed by atoms with Crippen LogP contribution in [0.4, 0.5) is 0 Å². The lowest BCUT2D eigenvalue weighted by Crippen LogP contribution is -2.60. The van der Waals surface area contributed by atoms with Gasteiger partial charge < -0.3 is 9.47 Å². The van der Waals surface area contributed by atoms with E-state index in [-0.39, 0.29) is 17.9 Å². The van der Waals surface area contributed by atoms with Crippen molar-refractivity contribution in [1.82, 2.24) is 0 Å². The Hall–Kier alpha value is -1.06. The summed E-state index contributed by atoms with van der Waals surface area (Å²) in [7, 11) is 1.31. The summed E-state index contributed by atoms with van der Waals surface area (Å²) in [5.41, 5.74) is 1.31. The van der Waals surface area contributed by atoms with E-state index in [0.29, 0.717) is 22.2 Å². The van der Waals surface area contributed by atoms with E-state index < -0.39 is 11.9 Å². The zero-order chi connectivity index (χ0) is 20.4. The van der Waals surface area contributed by atoms with Crippen LogP contribution in [-0.2, 0) is 19.1 Å². The first-order valence-electron chi connectivity index (χ1n) is 11.3. The van der Waals surface area contributed by atoms with E-state index in [1.54, 1.807) is 0 Å². The van der Waals surface area contributed by atoms with Crippen molar-refractivity contribution in [2.45, 2.75) is 98.0 Å². The second-order valence-electron chi connectivity index (χ2n) is 11.5. The van der Waals surface area contributed by atoms with Gasteiger partial charge in [0.2, 0.25) is 0 Å². The molecule has 4 heteroatoms. The van der Waals surface area contributed by atoms with Crippen LogP contribution in [0.15, 0.2) is 0 Å². The number of hydrogen-bond acceptors (Lipinski definition) is 4. The van der Waals surface area contributed by atoms with Crippen LogP contribution >= 0.6 is 0 Å². The third-order valence-electron chi connectivity index (χ3n) is 9.88. The molecule has 1 spiro atoms. The average molecular weight is 391 g/mol. The second-order valence-corrected chi connectivity index (χ2v) is 11.5. The van der Waals surface area contributed by atoms with Crippen molar-refractivity contribution in [2.75, 3.05) is 7.11 Å². The first-order chi connectivity index (χ1) is 13.1. The van der Waals surface area contributed by atoms with Gasteiger partial charge in [0, 0.05) is 5.41 Å². The molecule has 4 rings (SSSR count). The maximum Gasteiger partial charge on any atom is 0.317 e. The van der Waals surface area contributed by atoms with E-state index in [1.165, 1.54) is 52.1 Å². The molecule has 4 aliphatic carbocycles. The number of carbonyl (C=O) groups is 2. The Morgan fingerprint density at radius 3 is 2.43 bits per heavy atom. The molecule has 0 amide bonds. The van der Waals surface area contributed by atoms with E-state index in [4.69, 9.17) is 4.74 Å². The number of esters is 2. The van der Waals surface area contributed by atoms with Gasteiger partial charge >= 0.3 is 11.9 Å². The minimum Gasteiger partial charge on any atom is -0.469 e. The number of ether oxygens (including phenoxy) is 2. The molecule has 0 aromatic rings. The highest BCUT2D eigenvalue weighted by Gasteiger charge is 2.69. The SMILES string of the molecule is COC(=O)CC(=O)O[C@H]1C[C@H]2CC[C@@H]3C(C)(C)CCC[C@@]3(C)[C@@]23CC[C@]1(C)C3. The van der Waals surface area contributed by atoms with Crippen LogP contribution in [0.25, 0.3) is 0 Å². The summed E-state index contributed by atoms with van der Waals surface area (Å²) < 4.78 is 10.5. The monoisotopic (exact) mass is 390 g/mol. The Bertz CT molecular complexity index is 670. The summed E-state index contributed by atoms with van der Waals surface area (Å²) in [5.74, 6) is 0.528. The summed E-state index contributed by atoms with van der Waals surface area (Å²) in [5, 5.41) is 0. The molecule has 0 saturated heterocycles. The number of methoxy groups -OCH3 is 1. The highest BCUT2D eigenvalue weighted by Crippen LogP contribution is 2.76. The smallest absolute Gasteiger partial charge is 0.317 e. The first kappa shape index (κ1) is 20.2. The van der Waals surface area contributed by atoms with Gasteiger partial charge in [0.25, 0.3) is 0 Å². The molecule has 0 aromatic heterocycles. The lowest BCUT2D eigenvalue weighted by atomic mass is 9.38. The van der Waals surface area contributed by atoms with Crippen molar-refractivity contribution in [1.29, 1.82) is 0 Å². The fraction of sp³-hybridized carbons (Fsp3) is 0.917. The number of fused-ring (bicyclic) bond motifs is 2. The summed E-state index contributed by atoms with van der Waals surface area (Å²) in [4.78, 5) is 23.8. The average Bonchev–Trinajstić information content (AvgIpc) is 2.92. The van der Waals surface area contributed by atoms with Crippen molar-refractivity contribution in [3.05, 3.63) is 0 Å². The Morgan fingerprint density at radius 2 is 1.71 bits per heavy atom. The van der Waals surface area contributed by atoms with E-state index in [2.05, 4.69) is 32.4 Å². The molecule has 4 fully saturated rings. The molecule has 0 aliphatic heterocycles. The van der Waals surface area contributed by atoms with E-state index in [1.807, 2.05) is 0 Å². The van der Waals surface area contributed by atoms with Gasteiger partial charge in [-0.3, -0.25) is 9.59 Å². The number of hydrogen-bond donors (Lipinski definition) is 0. The quantitative estimate of drug-likeness (QED) is 0.486. The normalized spacial score (nSPS) is 46.2. The van der Waals surface area contributed by atoms with Gasteiger partial charge in [-0.15, -0.1) is 0 Å². The third-order valence-corrected chi connectivity index (χ3v) is 9.88. The standard InChI is InChI=1S/C24H38O4/c1-21(2)9-6-10-23(4)17(21)8-7-16-13-18(28-20(26)14-19(25)27-5)22(3)11-12-24(16,23)15-22/h16-18H,6-15H2,1-5H3/t16-,17-,18+,22-,23-,24-/m1/s1. The number of carbonyl (C=O) groups excluding carboxylic acids is 2. The van der Waals surface area contributed by atoms with Crippen LogP contribution in [0.3, 0.4) is 0 Å². The summed E-state index contributed by atoms with van der Waals surface area (Å²) >= 11 is 0. The van der Waals surface area contributed by atoms with Crippen LogP contribution in [0, 0.1) is 33.5 Å². The molecule has 4 saturated carbocycles. The molecular weight excluding hydrogens is 352 g/mol. The fourth-order valence-electron chi connectivity index (χ4n) is 8.52. The van der Waals surface area contributed by atoms with Crippen molar-refractivity contribution >= 4 is 11.9 Å². The van der Waals surface area contributed by atoms with Gasteiger partial charge in [-0.25, -0.2) is 0 Å². The molecule has 2 bridgehead atoms. The van der Waals surface area contributed by atoms with Crippen molar-refractivity contribution in [2.24, 2.45) is 33.5 Å². The largest absolute Gasteiger partial charge is 0.469 e. The molecule has 28 heavy (non-hydrogen) atoms. The van der Waals surface area contributed by atoms with Gasteiger partial charge in [-0.1, -0.05) is 34.1 Å². The lowest BCUT2D eigenvalue weighted by molar-refractivity contribution is -0.199. The molecule has 0 unspecified atom stereocenters. The van der Waals surface area contributed by atoms with Crippen molar-refractivity contribution < 1.29 is 19.1 Å². The van der Waals surface area contributed by atoms with E-state index >= 15 is 0 Å². The Balaban J connectivity index is 1.59. The third kappa shape index (κ3) is 2.76. The zero-order valence-electron chi connectivity index (χ0n) is 18.4. The molecule has 158 valence electrons. The minimum absolute atomic E-state index is 0.0504. The predicted molar refractivity (Wildman–Crippen MR) is 107 cm³/mol. The topological polar surface area (TPSA) is 52.6 Å². The maximum atomic E-state index is 12.3. The van der Waals surface area contributed by atoms with Crippen LogP contribution in [0.1, 0.15) is 91.9 Å². The van der Waals surface area contributed by atoms with Gasteiger partial charge in [0.1, 0.15) is 12.5 Å². The van der Waals surface area contributed by atoms with Crippen LogP contribution in [0.2, 0.25) is 0 Å². The minimum atomic E-state index is -0.510. The molecular formula is C24H38O4. The lowest BCUT2D eigenvalue weighted by Gasteiger charge is -2.67. The van der Waals surface area contributed by atoms with Crippen LogP contribution in [-0.4, -0.2) is 25.2 Å². The Labute approximate surface area is 170 Å². The van der Waals surface area contributed by atoms with E-state index in [9.17, 15) is 9.59 Å². The first-order valence-corrected chi connectivity index (χ1v) is 11.3. The summed E-state index contributed by atoms with van der Waals surface area (Å²) in [6.07, 6.45) is 10.9. The zero-order valence-corrected chi connectivity index (χ0v) is 18.4. The van der Waals surface area contributed by atoms with Gasteiger partial charge in [-0.2, -0.15) is 0 Å². The van der Waals surface area contributed by atoms with Crippen molar-refractivity contribution in [3.63, 3.8) is 0 Å². The number of rotatable bonds is 3. The summed E-state index contributed by atoms with van der Waals surface area (Å²) in [6, 6.07) is 0. The Morgan fingerprint density at radius 1 is 0.964 bits per heavy atom. The fourth-order valence-corrected chi connectivity index (χ4v) is 8.52. The highest BCUT2D eigenvalue weighted by atomic mass is 16.6. The Kier molecular flexibility index (Phi) is 4.67. The molecule has 4 aliphatic rings. The van der Waals surface area contributed by atoms with Gasteiger partial charge in [0.05, 0.1) is 7.11 Å².